The molecule has 0 aromatic heterocycles. The fraction of sp³-hybridized carbons (Fsp3) is 0.538. The van der Waals surface area contributed by atoms with Gasteiger partial charge in [0.15, 0.2) is 11.6 Å². The molecule has 120 valence electrons. The van der Waals surface area contributed by atoms with Crippen LogP contribution < -0.4 is 10.5 Å². The monoisotopic (exact) mass is 322 g/mol. The minimum absolute atomic E-state index is 0.144. The summed E-state index contributed by atoms with van der Waals surface area (Å²) in [6, 6.07) is 1.53. The van der Waals surface area contributed by atoms with Gasteiger partial charge in [0.2, 0.25) is 10.0 Å². The molecule has 0 heterocycles. The van der Waals surface area contributed by atoms with E-state index < -0.39 is 32.2 Å². The third-order valence-corrected chi connectivity index (χ3v) is 4.20. The zero-order valence-electron chi connectivity index (χ0n) is 12.2. The van der Waals surface area contributed by atoms with Gasteiger partial charge in [0.05, 0.1) is 5.60 Å². The summed E-state index contributed by atoms with van der Waals surface area (Å²) in [4.78, 5) is -0.875. The van der Waals surface area contributed by atoms with Crippen LogP contribution in [0.15, 0.2) is 17.0 Å². The summed E-state index contributed by atoms with van der Waals surface area (Å²) in [7, 11) is -4.31. The second-order valence-corrected chi connectivity index (χ2v) is 7.47. The Labute approximate surface area is 123 Å². The number of nitrogens with one attached hydrogen (secondary N) is 1. The van der Waals surface area contributed by atoms with Crippen molar-refractivity contribution in [3.8, 4) is 0 Å². The third kappa shape index (κ3) is 4.90. The molecule has 0 bridgehead atoms. The maximum atomic E-state index is 13.6. The first-order chi connectivity index (χ1) is 9.44. The smallest absolute Gasteiger partial charge is 0.243 e. The van der Waals surface area contributed by atoms with Crippen molar-refractivity contribution < 1.29 is 22.3 Å². The molecule has 5 nitrogen and oxygen atoms in total. The predicted octanol–water partition coefficient (Wildman–Crippen LogP) is 1.62. The average Bonchev–Trinajstić information content (AvgIpc) is 2.30. The van der Waals surface area contributed by atoms with Crippen LogP contribution in [0.2, 0.25) is 0 Å². The van der Waals surface area contributed by atoms with Gasteiger partial charge >= 0.3 is 0 Å². The fourth-order valence-electron chi connectivity index (χ4n) is 2.06. The highest BCUT2D eigenvalue weighted by atomic mass is 32.2. The first kappa shape index (κ1) is 17.8. The van der Waals surface area contributed by atoms with Gasteiger partial charge in [-0.1, -0.05) is 13.8 Å². The second-order valence-electron chi connectivity index (χ2n) is 5.73. The second kappa shape index (κ2) is 6.25. The highest BCUT2D eigenvalue weighted by Crippen LogP contribution is 2.22. The minimum atomic E-state index is -4.31. The molecular formula is C13H20F2N2O3S. The number of nitrogen functional groups attached to an aromatic ring is 1. The zero-order valence-corrected chi connectivity index (χ0v) is 13.0. The Morgan fingerprint density at radius 1 is 1.38 bits per heavy atom. The number of nitrogens with two attached hydrogens (primary N) is 1. The van der Waals surface area contributed by atoms with Crippen molar-refractivity contribution in [2.45, 2.75) is 37.7 Å². The van der Waals surface area contributed by atoms with Crippen molar-refractivity contribution in [1.82, 2.24) is 4.72 Å². The predicted molar refractivity (Wildman–Crippen MR) is 76.0 cm³/mol. The lowest BCUT2D eigenvalue weighted by Crippen LogP contribution is -2.41. The van der Waals surface area contributed by atoms with Crippen molar-refractivity contribution in [1.29, 1.82) is 0 Å². The first-order valence-corrected chi connectivity index (χ1v) is 7.89. The van der Waals surface area contributed by atoms with Gasteiger partial charge in [0.25, 0.3) is 0 Å². The lowest BCUT2D eigenvalue weighted by molar-refractivity contribution is 0.0436. The third-order valence-electron chi connectivity index (χ3n) is 2.80. The Hall–Kier alpha value is -1.25. The maximum absolute atomic E-state index is 13.6. The van der Waals surface area contributed by atoms with Crippen LogP contribution in [0.5, 0.6) is 0 Å². The molecule has 1 rings (SSSR count). The van der Waals surface area contributed by atoms with E-state index in [9.17, 15) is 22.3 Å². The molecule has 21 heavy (non-hydrogen) atoms. The quantitative estimate of drug-likeness (QED) is 0.694. The van der Waals surface area contributed by atoms with E-state index in [0.29, 0.717) is 12.5 Å². The number of anilines is 1. The highest BCUT2D eigenvalue weighted by Gasteiger charge is 2.28. The zero-order chi connectivity index (χ0) is 16.4. The Morgan fingerprint density at radius 3 is 2.48 bits per heavy atom. The Kier molecular flexibility index (Phi) is 5.30. The molecule has 1 aromatic carbocycles. The molecule has 4 N–H and O–H groups in total. The topological polar surface area (TPSA) is 92.4 Å². The van der Waals surface area contributed by atoms with Gasteiger partial charge in [-0.15, -0.1) is 0 Å². The van der Waals surface area contributed by atoms with Crippen LogP contribution in [0, 0.1) is 17.6 Å². The van der Waals surface area contributed by atoms with E-state index in [1.165, 1.54) is 6.92 Å². The number of rotatable bonds is 6. The number of hydrogen-bond donors (Lipinski definition) is 3. The van der Waals surface area contributed by atoms with E-state index in [2.05, 4.69) is 4.72 Å². The molecule has 0 amide bonds. The number of aliphatic hydroxyl groups is 1. The Bertz CT molecular complexity index is 616. The number of benzene rings is 1. The van der Waals surface area contributed by atoms with Crippen molar-refractivity contribution in [3.63, 3.8) is 0 Å². The lowest BCUT2D eigenvalue weighted by Gasteiger charge is -2.25. The van der Waals surface area contributed by atoms with Crippen LogP contribution in [0.25, 0.3) is 0 Å². The summed E-state index contributed by atoms with van der Waals surface area (Å²) in [5, 5.41) is 10.1. The van der Waals surface area contributed by atoms with Crippen molar-refractivity contribution in [2.24, 2.45) is 5.92 Å². The standard InChI is InChI=1S/C13H20F2N2O3S/c1-8(2)6-13(3,18)7-17-21(19,20)11-5-9(16)4-10(14)12(11)15/h4-5,8,17-18H,6-7,16H2,1-3H3. The summed E-state index contributed by atoms with van der Waals surface area (Å²) in [6.07, 6.45) is 0.350. The van der Waals surface area contributed by atoms with E-state index in [1.54, 1.807) is 0 Å². The van der Waals surface area contributed by atoms with Crippen LogP contribution in [0.4, 0.5) is 14.5 Å². The number of sulfonamides is 1. The fourth-order valence-corrected chi connectivity index (χ4v) is 3.34. The molecule has 0 spiro atoms. The van der Waals surface area contributed by atoms with E-state index in [-0.39, 0.29) is 18.2 Å². The summed E-state index contributed by atoms with van der Waals surface area (Å²) < 4.78 is 52.9. The van der Waals surface area contributed by atoms with Crippen LogP contribution in [0.1, 0.15) is 27.2 Å². The van der Waals surface area contributed by atoms with Gasteiger partial charge in [-0.3, -0.25) is 0 Å². The van der Waals surface area contributed by atoms with Gasteiger partial charge < -0.3 is 10.8 Å². The molecule has 0 fully saturated rings. The van der Waals surface area contributed by atoms with Gasteiger partial charge in [-0.2, -0.15) is 0 Å². The summed E-state index contributed by atoms with van der Waals surface area (Å²) >= 11 is 0. The molecule has 0 saturated heterocycles. The first-order valence-electron chi connectivity index (χ1n) is 6.41. The summed E-state index contributed by atoms with van der Waals surface area (Å²) in [5.74, 6) is -2.70. The molecule has 0 aliphatic carbocycles. The minimum Gasteiger partial charge on any atom is -0.399 e. The van der Waals surface area contributed by atoms with Gasteiger partial charge in [0.1, 0.15) is 4.90 Å². The molecule has 0 saturated carbocycles. The van der Waals surface area contributed by atoms with Crippen LogP contribution in [-0.4, -0.2) is 25.7 Å². The van der Waals surface area contributed by atoms with Gasteiger partial charge in [0, 0.05) is 12.2 Å². The highest BCUT2D eigenvalue weighted by molar-refractivity contribution is 7.89. The van der Waals surface area contributed by atoms with Gasteiger partial charge in [-0.05, 0) is 31.4 Å². The largest absolute Gasteiger partial charge is 0.399 e. The SMILES string of the molecule is CC(C)CC(C)(O)CNS(=O)(=O)c1cc(N)cc(F)c1F. The van der Waals surface area contributed by atoms with Gasteiger partial charge in [-0.25, -0.2) is 21.9 Å². The van der Waals surface area contributed by atoms with Crippen LogP contribution in [-0.2, 0) is 10.0 Å². The lowest BCUT2D eigenvalue weighted by atomic mass is 9.95. The van der Waals surface area contributed by atoms with Crippen molar-refractivity contribution >= 4 is 15.7 Å². The Morgan fingerprint density at radius 2 is 1.95 bits per heavy atom. The van der Waals surface area contributed by atoms with E-state index in [0.717, 1.165) is 6.07 Å². The number of halogens is 2. The van der Waals surface area contributed by atoms with Crippen molar-refractivity contribution in [3.05, 3.63) is 23.8 Å². The van der Waals surface area contributed by atoms with E-state index in [1.807, 2.05) is 13.8 Å². The van der Waals surface area contributed by atoms with Crippen molar-refractivity contribution in [2.75, 3.05) is 12.3 Å². The molecule has 1 unspecified atom stereocenters. The molecule has 0 aliphatic rings. The van der Waals surface area contributed by atoms with E-state index >= 15 is 0 Å². The maximum Gasteiger partial charge on any atom is 0.243 e. The summed E-state index contributed by atoms with van der Waals surface area (Å²) in [5.41, 5.74) is 3.82. The molecule has 0 radical (unpaired) electrons. The van der Waals surface area contributed by atoms with E-state index in [4.69, 9.17) is 5.73 Å². The Balaban J connectivity index is 2.98. The average molecular weight is 322 g/mol. The molecule has 1 atom stereocenters. The van der Waals surface area contributed by atoms with Crippen LogP contribution in [0.3, 0.4) is 0 Å². The molecule has 8 heteroatoms. The normalized spacial score (nSPS) is 15.2. The molecule has 0 aliphatic heterocycles. The molecule has 1 aromatic rings. The van der Waals surface area contributed by atoms with Crippen LogP contribution >= 0.6 is 0 Å². The molecular weight excluding hydrogens is 302 g/mol. The summed E-state index contributed by atoms with van der Waals surface area (Å²) in [6.45, 7) is 4.89. The number of hydrogen-bond acceptors (Lipinski definition) is 4.